The Morgan fingerprint density at radius 1 is 1.05 bits per heavy atom. The Hall–Kier alpha value is -0.570. The molecule has 1 aliphatic rings. The third kappa shape index (κ3) is 5.08. The van der Waals surface area contributed by atoms with E-state index in [4.69, 9.17) is 11.6 Å². The van der Waals surface area contributed by atoms with Crippen LogP contribution in [0.2, 0.25) is 0 Å². The summed E-state index contributed by atoms with van der Waals surface area (Å²) in [5, 5.41) is 3.13. The number of Topliss-reactive ketones (excluding diaryl/α,β-unsaturated/α-hetero) is 1. The van der Waals surface area contributed by atoms with Crippen molar-refractivity contribution in [3.63, 3.8) is 0 Å². The van der Waals surface area contributed by atoms with Crippen molar-refractivity contribution in [1.82, 2.24) is 5.32 Å². The fourth-order valence-electron chi connectivity index (χ4n) is 4.39. The van der Waals surface area contributed by atoms with Gasteiger partial charge in [0.2, 0.25) is 5.91 Å². The van der Waals surface area contributed by atoms with Crippen LogP contribution in [0, 0.1) is 10.8 Å². The standard InChI is InChI=1S/C16H28ClNO2/c1-12(19)6-7-16(18-13(20)8-17)10-14(2,3)9-15(4,5)11-16/h6-11H2,1-5H3,(H,18,20). The Bertz CT molecular complexity index is 372. The number of rotatable bonds is 5. The first-order valence-corrected chi connectivity index (χ1v) is 7.89. The van der Waals surface area contributed by atoms with E-state index < -0.39 is 0 Å². The molecule has 116 valence electrons. The molecule has 20 heavy (non-hydrogen) atoms. The highest BCUT2D eigenvalue weighted by Crippen LogP contribution is 2.51. The molecule has 1 rings (SSSR count). The van der Waals surface area contributed by atoms with Crippen LogP contribution in [0.3, 0.4) is 0 Å². The maximum Gasteiger partial charge on any atom is 0.235 e. The molecule has 0 radical (unpaired) electrons. The SMILES string of the molecule is CC(=O)CCC1(NC(=O)CCl)CC(C)(C)CC(C)(C)C1. The molecule has 0 aromatic carbocycles. The quantitative estimate of drug-likeness (QED) is 0.787. The number of alkyl halides is 1. The van der Waals surface area contributed by atoms with Crippen LogP contribution < -0.4 is 5.32 Å². The second-order valence-electron chi connectivity index (χ2n) is 8.02. The summed E-state index contributed by atoms with van der Waals surface area (Å²) in [6.07, 6.45) is 4.14. The van der Waals surface area contributed by atoms with Crippen molar-refractivity contribution < 1.29 is 9.59 Å². The Morgan fingerprint density at radius 2 is 1.55 bits per heavy atom. The number of amides is 1. The minimum atomic E-state index is -0.303. The van der Waals surface area contributed by atoms with Gasteiger partial charge < -0.3 is 10.1 Å². The number of halogens is 1. The highest BCUT2D eigenvalue weighted by molar-refractivity contribution is 6.27. The topological polar surface area (TPSA) is 46.2 Å². The van der Waals surface area contributed by atoms with Gasteiger partial charge in [-0.15, -0.1) is 11.6 Å². The number of hydrogen-bond acceptors (Lipinski definition) is 2. The molecule has 0 heterocycles. The van der Waals surface area contributed by atoms with Crippen LogP contribution in [0.15, 0.2) is 0 Å². The molecule has 1 saturated carbocycles. The van der Waals surface area contributed by atoms with E-state index in [1.165, 1.54) is 0 Å². The van der Waals surface area contributed by atoms with Crippen molar-refractivity contribution in [2.75, 3.05) is 5.88 Å². The lowest BCUT2D eigenvalue weighted by Gasteiger charge is -2.52. The van der Waals surface area contributed by atoms with Crippen molar-refractivity contribution in [2.45, 2.75) is 72.3 Å². The zero-order valence-corrected chi connectivity index (χ0v) is 14.2. The summed E-state index contributed by atoms with van der Waals surface area (Å²) in [4.78, 5) is 23.2. The monoisotopic (exact) mass is 301 g/mol. The molecule has 1 amide bonds. The number of carbonyl (C=O) groups excluding carboxylic acids is 2. The molecule has 1 aliphatic carbocycles. The van der Waals surface area contributed by atoms with Crippen molar-refractivity contribution >= 4 is 23.3 Å². The van der Waals surface area contributed by atoms with E-state index >= 15 is 0 Å². The molecular weight excluding hydrogens is 274 g/mol. The predicted molar refractivity (Wildman–Crippen MR) is 82.9 cm³/mol. The van der Waals surface area contributed by atoms with Gasteiger partial charge in [-0.2, -0.15) is 0 Å². The third-order valence-corrected chi connectivity index (χ3v) is 4.32. The summed E-state index contributed by atoms with van der Waals surface area (Å²) in [6.45, 7) is 10.6. The second-order valence-corrected chi connectivity index (χ2v) is 8.29. The lowest BCUT2D eigenvalue weighted by Crippen LogP contribution is -2.57. The van der Waals surface area contributed by atoms with Gasteiger partial charge in [0.05, 0.1) is 0 Å². The van der Waals surface area contributed by atoms with Crippen LogP contribution in [-0.4, -0.2) is 23.1 Å². The molecule has 1 N–H and O–H groups in total. The summed E-state index contributed by atoms with van der Waals surface area (Å²) in [5.74, 6) is 0.0114. The van der Waals surface area contributed by atoms with E-state index in [0.717, 1.165) is 19.3 Å². The van der Waals surface area contributed by atoms with Gasteiger partial charge in [-0.1, -0.05) is 27.7 Å². The maximum atomic E-state index is 11.8. The predicted octanol–water partition coefficient (Wildman–Crippen LogP) is 3.69. The molecule has 0 spiro atoms. The first-order valence-electron chi connectivity index (χ1n) is 7.36. The van der Waals surface area contributed by atoms with E-state index in [2.05, 4.69) is 33.0 Å². The first-order chi connectivity index (χ1) is 8.99. The summed E-state index contributed by atoms with van der Waals surface area (Å²) in [5.41, 5.74) is -0.000836. The summed E-state index contributed by atoms with van der Waals surface area (Å²) in [6, 6.07) is 0. The highest BCUT2D eigenvalue weighted by Gasteiger charge is 2.47. The van der Waals surface area contributed by atoms with Gasteiger partial charge >= 0.3 is 0 Å². The van der Waals surface area contributed by atoms with E-state index in [1.807, 2.05) is 0 Å². The van der Waals surface area contributed by atoms with E-state index in [0.29, 0.717) is 12.8 Å². The molecule has 0 aromatic heterocycles. The highest BCUT2D eigenvalue weighted by atomic mass is 35.5. The van der Waals surface area contributed by atoms with Crippen LogP contribution in [0.25, 0.3) is 0 Å². The second kappa shape index (κ2) is 6.05. The van der Waals surface area contributed by atoms with Gasteiger partial charge in [0, 0.05) is 12.0 Å². The number of ketones is 1. The summed E-state index contributed by atoms with van der Waals surface area (Å²) >= 11 is 5.66. The fraction of sp³-hybridized carbons (Fsp3) is 0.875. The van der Waals surface area contributed by atoms with Crippen LogP contribution in [0.5, 0.6) is 0 Å². The average molecular weight is 302 g/mol. The van der Waals surface area contributed by atoms with Gasteiger partial charge in [0.25, 0.3) is 0 Å². The lowest BCUT2D eigenvalue weighted by molar-refractivity contribution is -0.124. The van der Waals surface area contributed by atoms with Crippen molar-refractivity contribution in [2.24, 2.45) is 10.8 Å². The Kier molecular flexibility index (Phi) is 5.29. The van der Waals surface area contributed by atoms with E-state index in [-0.39, 0.29) is 33.9 Å². The summed E-state index contributed by atoms with van der Waals surface area (Å²) in [7, 11) is 0. The zero-order valence-electron chi connectivity index (χ0n) is 13.4. The van der Waals surface area contributed by atoms with Crippen LogP contribution in [0.4, 0.5) is 0 Å². The normalized spacial score (nSPS) is 23.1. The molecule has 0 unspecified atom stereocenters. The lowest BCUT2D eigenvalue weighted by atomic mass is 9.57. The number of carbonyl (C=O) groups is 2. The van der Waals surface area contributed by atoms with Gasteiger partial charge in [0.1, 0.15) is 11.7 Å². The van der Waals surface area contributed by atoms with Crippen molar-refractivity contribution in [3.05, 3.63) is 0 Å². The van der Waals surface area contributed by atoms with Crippen LogP contribution >= 0.6 is 11.6 Å². The van der Waals surface area contributed by atoms with Crippen molar-refractivity contribution in [3.8, 4) is 0 Å². The minimum Gasteiger partial charge on any atom is -0.350 e. The Balaban J connectivity index is 3.01. The Labute approximate surface area is 127 Å². The zero-order chi connectivity index (χ0) is 15.6. The molecule has 0 atom stereocenters. The fourth-order valence-corrected chi connectivity index (χ4v) is 4.45. The Morgan fingerprint density at radius 3 is 1.95 bits per heavy atom. The van der Waals surface area contributed by atoms with Crippen molar-refractivity contribution in [1.29, 1.82) is 0 Å². The average Bonchev–Trinajstić information content (AvgIpc) is 2.21. The van der Waals surface area contributed by atoms with Crippen LogP contribution in [0.1, 0.15) is 66.7 Å². The van der Waals surface area contributed by atoms with E-state index in [1.54, 1.807) is 6.92 Å². The van der Waals surface area contributed by atoms with Gasteiger partial charge in [-0.05, 0) is 43.4 Å². The molecule has 0 bridgehead atoms. The maximum absolute atomic E-state index is 11.8. The van der Waals surface area contributed by atoms with Gasteiger partial charge in [0.15, 0.2) is 0 Å². The largest absolute Gasteiger partial charge is 0.350 e. The number of hydrogen-bond donors (Lipinski definition) is 1. The molecule has 0 aliphatic heterocycles. The summed E-state index contributed by atoms with van der Waals surface area (Å²) < 4.78 is 0. The van der Waals surface area contributed by atoms with Gasteiger partial charge in [-0.25, -0.2) is 0 Å². The van der Waals surface area contributed by atoms with Gasteiger partial charge in [-0.3, -0.25) is 4.79 Å². The van der Waals surface area contributed by atoms with Crippen LogP contribution in [-0.2, 0) is 9.59 Å². The smallest absolute Gasteiger partial charge is 0.235 e. The molecule has 3 nitrogen and oxygen atoms in total. The first kappa shape index (κ1) is 17.5. The molecule has 0 saturated heterocycles. The third-order valence-electron chi connectivity index (χ3n) is 4.07. The van der Waals surface area contributed by atoms with E-state index in [9.17, 15) is 9.59 Å². The molecule has 0 aromatic rings. The molecule has 1 fully saturated rings. The molecular formula is C16H28ClNO2. The number of nitrogens with one attached hydrogen (secondary N) is 1. The molecule has 4 heteroatoms. The minimum absolute atomic E-state index is 0.0251.